The number of rotatable bonds is 7. The number of benzene rings is 1. The van der Waals surface area contributed by atoms with Gasteiger partial charge in [0.25, 0.3) is 0 Å². The van der Waals surface area contributed by atoms with Crippen molar-refractivity contribution in [2.24, 2.45) is 5.92 Å². The van der Waals surface area contributed by atoms with Crippen molar-refractivity contribution < 1.29 is 19.1 Å². The molecule has 0 saturated heterocycles. The van der Waals surface area contributed by atoms with Crippen molar-refractivity contribution in [2.75, 3.05) is 12.5 Å². The molecule has 0 aromatic heterocycles. The summed E-state index contributed by atoms with van der Waals surface area (Å²) in [5.74, 6) is 0.0888. The Morgan fingerprint density at radius 2 is 1.81 bits per heavy atom. The standard InChI is InChI=1S/C16H22O4S/c1-4-12(3)14(13-9-7-6-8-10-13)15(17)19-11-20-16(18)21-5-2/h6-10,12,14H,4-5,11H2,1-3H3. The van der Waals surface area contributed by atoms with Crippen LogP contribution in [-0.2, 0) is 14.3 Å². The zero-order valence-electron chi connectivity index (χ0n) is 12.7. The van der Waals surface area contributed by atoms with Gasteiger partial charge in [-0.15, -0.1) is 0 Å². The zero-order chi connectivity index (χ0) is 15.7. The normalized spacial score (nSPS) is 13.3. The monoisotopic (exact) mass is 310 g/mol. The molecule has 1 aromatic carbocycles. The highest BCUT2D eigenvalue weighted by atomic mass is 32.2. The fourth-order valence-corrected chi connectivity index (χ4v) is 2.35. The molecule has 2 atom stereocenters. The molecule has 0 heterocycles. The van der Waals surface area contributed by atoms with E-state index < -0.39 is 5.30 Å². The summed E-state index contributed by atoms with van der Waals surface area (Å²) < 4.78 is 9.94. The van der Waals surface area contributed by atoms with Gasteiger partial charge in [0, 0.05) is 5.75 Å². The molecule has 4 nitrogen and oxygen atoms in total. The Morgan fingerprint density at radius 3 is 2.38 bits per heavy atom. The molecule has 0 aliphatic carbocycles. The molecule has 0 aliphatic rings. The van der Waals surface area contributed by atoms with E-state index >= 15 is 0 Å². The number of carbonyl (C=O) groups excluding carboxylic acids is 2. The highest BCUT2D eigenvalue weighted by molar-refractivity contribution is 8.13. The van der Waals surface area contributed by atoms with Crippen LogP contribution in [0, 0.1) is 5.92 Å². The second kappa shape index (κ2) is 9.45. The second-order valence-electron chi connectivity index (χ2n) is 4.68. The summed E-state index contributed by atoms with van der Waals surface area (Å²) >= 11 is 1.05. The predicted octanol–water partition coefficient (Wildman–Crippen LogP) is 4.21. The molecule has 0 radical (unpaired) electrons. The van der Waals surface area contributed by atoms with Crippen LogP contribution >= 0.6 is 11.8 Å². The van der Waals surface area contributed by atoms with Crippen molar-refractivity contribution in [3.05, 3.63) is 35.9 Å². The van der Waals surface area contributed by atoms with Crippen LogP contribution in [0.5, 0.6) is 0 Å². The van der Waals surface area contributed by atoms with Crippen LogP contribution in [0.25, 0.3) is 0 Å². The van der Waals surface area contributed by atoms with Crippen molar-refractivity contribution >= 4 is 23.0 Å². The molecule has 0 saturated carbocycles. The van der Waals surface area contributed by atoms with Crippen LogP contribution < -0.4 is 0 Å². The number of ether oxygens (including phenoxy) is 2. The number of hydrogen-bond donors (Lipinski definition) is 0. The highest BCUT2D eigenvalue weighted by Crippen LogP contribution is 2.28. The van der Waals surface area contributed by atoms with Gasteiger partial charge >= 0.3 is 11.3 Å². The van der Waals surface area contributed by atoms with E-state index in [0.717, 1.165) is 23.7 Å². The van der Waals surface area contributed by atoms with E-state index in [4.69, 9.17) is 9.47 Å². The van der Waals surface area contributed by atoms with Gasteiger partial charge in [-0.25, -0.2) is 4.79 Å². The molecule has 2 unspecified atom stereocenters. The molecule has 5 heteroatoms. The minimum absolute atomic E-state index is 0.153. The lowest BCUT2D eigenvalue weighted by atomic mass is 9.86. The van der Waals surface area contributed by atoms with Crippen molar-refractivity contribution in [1.82, 2.24) is 0 Å². The van der Waals surface area contributed by atoms with Crippen molar-refractivity contribution in [1.29, 1.82) is 0 Å². The quantitative estimate of drug-likeness (QED) is 0.558. The maximum Gasteiger partial charge on any atom is 0.370 e. The van der Waals surface area contributed by atoms with E-state index in [2.05, 4.69) is 0 Å². The third-order valence-corrected chi connectivity index (χ3v) is 3.91. The first-order valence-electron chi connectivity index (χ1n) is 7.11. The van der Waals surface area contributed by atoms with Gasteiger partial charge in [0.15, 0.2) is 0 Å². The topological polar surface area (TPSA) is 52.6 Å². The van der Waals surface area contributed by atoms with E-state index in [1.54, 1.807) is 0 Å². The summed E-state index contributed by atoms with van der Waals surface area (Å²) in [6, 6.07) is 9.53. The third kappa shape index (κ3) is 5.79. The van der Waals surface area contributed by atoms with Crippen LogP contribution in [0.15, 0.2) is 30.3 Å². The Labute approximate surface area is 130 Å². The molecule has 1 rings (SSSR count). The summed E-state index contributed by atoms with van der Waals surface area (Å²) in [4.78, 5) is 23.5. The first-order valence-corrected chi connectivity index (χ1v) is 8.09. The average molecular weight is 310 g/mol. The molecule has 0 bridgehead atoms. The number of carbonyl (C=O) groups is 2. The summed E-state index contributed by atoms with van der Waals surface area (Å²) in [6.45, 7) is 5.57. The summed E-state index contributed by atoms with van der Waals surface area (Å²) in [6.07, 6.45) is 0.861. The van der Waals surface area contributed by atoms with E-state index in [1.165, 1.54) is 0 Å². The van der Waals surface area contributed by atoms with Gasteiger partial charge in [0.2, 0.25) is 6.79 Å². The van der Waals surface area contributed by atoms with E-state index in [-0.39, 0.29) is 24.6 Å². The summed E-state index contributed by atoms with van der Waals surface area (Å²) in [5, 5.41) is -0.426. The zero-order valence-corrected chi connectivity index (χ0v) is 13.5. The van der Waals surface area contributed by atoms with Crippen molar-refractivity contribution in [3.63, 3.8) is 0 Å². The van der Waals surface area contributed by atoms with Crippen LogP contribution in [0.3, 0.4) is 0 Å². The molecular formula is C16H22O4S. The van der Waals surface area contributed by atoms with Gasteiger partial charge in [-0.2, -0.15) is 0 Å². The van der Waals surface area contributed by atoms with Crippen LogP contribution in [0.2, 0.25) is 0 Å². The largest absolute Gasteiger partial charge is 0.427 e. The first kappa shape index (κ1) is 17.6. The van der Waals surface area contributed by atoms with Crippen LogP contribution in [0.4, 0.5) is 4.79 Å². The van der Waals surface area contributed by atoms with Crippen molar-refractivity contribution in [2.45, 2.75) is 33.1 Å². The minimum Gasteiger partial charge on any atom is -0.427 e. The summed E-state index contributed by atoms with van der Waals surface area (Å²) in [5.41, 5.74) is 0.922. The van der Waals surface area contributed by atoms with E-state index in [9.17, 15) is 9.59 Å². The van der Waals surface area contributed by atoms with Gasteiger partial charge < -0.3 is 9.47 Å². The Morgan fingerprint density at radius 1 is 1.14 bits per heavy atom. The summed E-state index contributed by atoms with van der Waals surface area (Å²) in [7, 11) is 0. The fraction of sp³-hybridized carbons (Fsp3) is 0.500. The van der Waals surface area contributed by atoms with Gasteiger partial charge in [-0.1, -0.05) is 57.5 Å². The molecule has 0 fully saturated rings. The lowest BCUT2D eigenvalue weighted by Crippen LogP contribution is -2.23. The molecular weight excluding hydrogens is 288 g/mol. The Balaban J connectivity index is 2.63. The lowest BCUT2D eigenvalue weighted by Gasteiger charge is -2.21. The fourth-order valence-electron chi connectivity index (χ4n) is 1.98. The molecule has 0 amide bonds. The maximum absolute atomic E-state index is 12.3. The van der Waals surface area contributed by atoms with Gasteiger partial charge in [0.1, 0.15) is 0 Å². The maximum atomic E-state index is 12.3. The van der Waals surface area contributed by atoms with Gasteiger partial charge in [-0.3, -0.25) is 4.79 Å². The van der Waals surface area contributed by atoms with Gasteiger partial charge in [0.05, 0.1) is 5.92 Å². The minimum atomic E-state index is -0.426. The predicted molar refractivity (Wildman–Crippen MR) is 84.2 cm³/mol. The molecule has 0 spiro atoms. The average Bonchev–Trinajstić information content (AvgIpc) is 2.48. The first-order chi connectivity index (χ1) is 10.1. The second-order valence-corrected chi connectivity index (χ2v) is 5.88. The lowest BCUT2D eigenvalue weighted by molar-refractivity contribution is -0.154. The molecule has 0 aliphatic heterocycles. The van der Waals surface area contributed by atoms with Crippen molar-refractivity contribution in [3.8, 4) is 0 Å². The number of thioether (sulfide) groups is 1. The smallest absolute Gasteiger partial charge is 0.370 e. The molecule has 21 heavy (non-hydrogen) atoms. The van der Waals surface area contributed by atoms with E-state index in [0.29, 0.717) is 5.75 Å². The third-order valence-electron chi connectivity index (χ3n) is 3.27. The number of esters is 1. The molecule has 116 valence electrons. The van der Waals surface area contributed by atoms with Crippen LogP contribution in [-0.4, -0.2) is 23.8 Å². The Bertz CT molecular complexity index is 447. The molecule has 1 aromatic rings. The Hall–Kier alpha value is -1.49. The highest BCUT2D eigenvalue weighted by Gasteiger charge is 2.27. The van der Waals surface area contributed by atoms with E-state index in [1.807, 2.05) is 51.1 Å². The van der Waals surface area contributed by atoms with Gasteiger partial charge in [-0.05, 0) is 23.2 Å². The van der Waals surface area contributed by atoms with Crippen LogP contribution in [0.1, 0.15) is 38.7 Å². The Kier molecular flexibility index (Phi) is 7.90. The molecule has 0 N–H and O–H groups in total. The SMILES string of the molecule is CCSC(=O)OCOC(=O)C(c1ccccc1)C(C)CC. The number of hydrogen-bond acceptors (Lipinski definition) is 5.